The summed E-state index contributed by atoms with van der Waals surface area (Å²) < 4.78 is 31.3. The molecule has 0 fully saturated rings. The first-order valence-corrected chi connectivity index (χ1v) is 8.21. The van der Waals surface area contributed by atoms with E-state index in [9.17, 15) is 13.2 Å². The van der Waals surface area contributed by atoms with Crippen LogP contribution in [0, 0.1) is 0 Å². The van der Waals surface area contributed by atoms with Crippen molar-refractivity contribution in [2.24, 2.45) is 0 Å². The summed E-state index contributed by atoms with van der Waals surface area (Å²) in [7, 11) is -0.647. The van der Waals surface area contributed by atoms with Gasteiger partial charge in [-0.05, 0) is 42.0 Å². The van der Waals surface area contributed by atoms with E-state index in [0.29, 0.717) is 5.75 Å². The predicted molar refractivity (Wildman–Crippen MR) is 85.0 cm³/mol. The zero-order valence-corrected chi connectivity index (χ0v) is 13.6. The molecular formula is C16H17NO5S. The Bertz CT molecular complexity index is 782. The van der Waals surface area contributed by atoms with Gasteiger partial charge in [-0.1, -0.05) is 12.1 Å². The Morgan fingerprint density at radius 1 is 1.09 bits per heavy atom. The molecule has 6 nitrogen and oxygen atoms in total. The van der Waals surface area contributed by atoms with Gasteiger partial charge in [0.05, 0.1) is 17.6 Å². The molecule has 2 aromatic carbocycles. The zero-order chi connectivity index (χ0) is 17.0. The topological polar surface area (TPSA) is 83.9 Å². The Labute approximate surface area is 135 Å². The lowest BCUT2D eigenvalue weighted by Crippen LogP contribution is -2.26. The summed E-state index contributed by atoms with van der Waals surface area (Å²) in [4.78, 5) is 10.9. The number of sulfonamides is 1. The van der Waals surface area contributed by atoms with Crippen LogP contribution in [0.4, 0.5) is 0 Å². The number of hydrogen-bond acceptors (Lipinski definition) is 4. The van der Waals surface area contributed by atoms with Crippen LogP contribution < -0.4 is 4.74 Å². The fourth-order valence-electron chi connectivity index (χ4n) is 2.02. The van der Waals surface area contributed by atoms with Gasteiger partial charge in [-0.15, -0.1) is 0 Å². The molecule has 0 spiro atoms. The molecule has 0 aliphatic heterocycles. The molecule has 0 heterocycles. The lowest BCUT2D eigenvalue weighted by Gasteiger charge is -2.17. The van der Waals surface area contributed by atoms with Crippen molar-refractivity contribution >= 4 is 16.0 Å². The molecular weight excluding hydrogens is 318 g/mol. The van der Waals surface area contributed by atoms with E-state index in [1.807, 2.05) is 0 Å². The molecule has 0 atom stereocenters. The van der Waals surface area contributed by atoms with E-state index in [1.165, 1.54) is 35.6 Å². The minimum Gasteiger partial charge on any atom is -0.497 e. The Morgan fingerprint density at radius 3 is 2.13 bits per heavy atom. The summed E-state index contributed by atoms with van der Waals surface area (Å²) in [6.07, 6.45) is 0. The summed E-state index contributed by atoms with van der Waals surface area (Å²) >= 11 is 0. The number of aromatic carboxylic acids is 1. The molecule has 1 N–H and O–H groups in total. The number of carbonyl (C=O) groups is 1. The van der Waals surface area contributed by atoms with E-state index < -0.39 is 16.0 Å². The van der Waals surface area contributed by atoms with Crippen LogP contribution in [0.2, 0.25) is 0 Å². The summed E-state index contributed by atoms with van der Waals surface area (Å²) in [6.45, 7) is 0.201. The number of rotatable bonds is 6. The molecule has 7 heteroatoms. The highest BCUT2D eigenvalue weighted by atomic mass is 32.2. The maximum atomic E-state index is 12.5. The van der Waals surface area contributed by atoms with E-state index in [2.05, 4.69) is 0 Å². The molecule has 23 heavy (non-hydrogen) atoms. The van der Waals surface area contributed by atoms with Crippen LogP contribution in [-0.4, -0.2) is 38.0 Å². The zero-order valence-electron chi connectivity index (χ0n) is 12.8. The van der Waals surface area contributed by atoms with E-state index in [0.717, 1.165) is 5.56 Å². The molecule has 0 saturated heterocycles. The maximum absolute atomic E-state index is 12.5. The molecule has 0 aliphatic rings. The highest BCUT2D eigenvalue weighted by Crippen LogP contribution is 2.19. The monoisotopic (exact) mass is 335 g/mol. The van der Waals surface area contributed by atoms with Crippen molar-refractivity contribution in [1.29, 1.82) is 0 Å². The van der Waals surface area contributed by atoms with Gasteiger partial charge >= 0.3 is 5.97 Å². The smallest absolute Gasteiger partial charge is 0.335 e. The first-order valence-electron chi connectivity index (χ1n) is 6.77. The van der Waals surface area contributed by atoms with Gasteiger partial charge in [0.1, 0.15) is 5.75 Å². The largest absolute Gasteiger partial charge is 0.497 e. The van der Waals surface area contributed by atoms with Crippen LogP contribution in [0.1, 0.15) is 15.9 Å². The average Bonchev–Trinajstić information content (AvgIpc) is 2.55. The molecule has 0 aliphatic carbocycles. The van der Waals surface area contributed by atoms with Gasteiger partial charge in [0.25, 0.3) is 0 Å². The highest BCUT2D eigenvalue weighted by molar-refractivity contribution is 7.89. The fourth-order valence-corrected chi connectivity index (χ4v) is 3.18. The van der Waals surface area contributed by atoms with Gasteiger partial charge in [-0.2, -0.15) is 4.31 Å². The predicted octanol–water partition coefficient (Wildman–Crippen LogP) is 2.21. The third kappa shape index (κ3) is 3.88. The van der Waals surface area contributed by atoms with Crippen LogP contribution in [0.5, 0.6) is 5.75 Å². The van der Waals surface area contributed by atoms with Crippen molar-refractivity contribution in [1.82, 2.24) is 4.31 Å². The van der Waals surface area contributed by atoms with Crippen LogP contribution in [0.25, 0.3) is 0 Å². The highest BCUT2D eigenvalue weighted by Gasteiger charge is 2.21. The third-order valence-corrected chi connectivity index (χ3v) is 5.19. The molecule has 0 bridgehead atoms. The van der Waals surface area contributed by atoms with Gasteiger partial charge in [0, 0.05) is 13.6 Å². The van der Waals surface area contributed by atoms with Crippen molar-refractivity contribution in [2.75, 3.05) is 14.2 Å². The van der Waals surface area contributed by atoms with Crippen LogP contribution in [0.3, 0.4) is 0 Å². The summed E-state index contributed by atoms with van der Waals surface area (Å²) in [6, 6.07) is 12.2. The number of carboxylic acid groups (broad SMARTS) is 1. The lowest BCUT2D eigenvalue weighted by atomic mass is 10.2. The second-order valence-electron chi connectivity index (χ2n) is 4.94. The molecule has 0 unspecified atom stereocenters. The Morgan fingerprint density at radius 2 is 1.65 bits per heavy atom. The molecule has 2 aromatic rings. The minimum absolute atomic E-state index is 0.0433. The maximum Gasteiger partial charge on any atom is 0.335 e. The minimum atomic E-state index is -3.69. The fraction of sp³-hybridized carbons (Fsp3) is 0.188. The Hall–Kier alpha value is -2.38. The van der Waals surface area contributed by atoms with Gasteiger partial charge in [-0.3, -0.25) is 0 Å². The molecule has 0 saturated carbocycles. The lowest BCUT2D eigenvalue weighted by molar-refractivity contribution is 0.0696. The normalized spacial score (nSPS) is 11.4. The van der Waals surface area contributed by atoms with Crippen molar-refractivity contribution in [3.05, 3.63) is 59.7 Å². The molecule has 122 valence electrons. The summed E-state index contributed by atoms with van der Waals surface area (Å²) in [5.41, 5.74) is 0.862. The summed E-state index contributed by atoms with van der Waals surface area (Å²) in [5, 5.41) is 8.86. The van der Waals surface area contributed by atoms with Gasteiger partial charge < -0.3 is 9.84 Å². The van der Waals surface area contributed by atoms with Crippen molar-refractivity contribution in [2.45, 2.75) is 11.4 Å². The van der Waals surface area contributed by atoms with Crippen LogP contribution in [-0.2, 0) is 16.6 Å². The molecule has 0 amide bonds. The number of ether oxygens (including phenoxy) is 1. The van der Waals surface area contributed by atoms with Crippen molar-refractivity contribution < 1.29 is 23.1 Å². The first kappa shape index (κ1) is 17.0. The quantitative estimate of drug-likeness (QED) is 0.875. The van der Waals surface area contributed by atoms with Gasteiger partial charge in [0.2, 0.25) is 10.0 Å². The van der Waals surface area contributed by atoms with E-state index in [4.69, 9.17) is 9.84 Å². The van der Waals surface area contributed by atoms with Crippen molar-refractivity contribution in [3.8, 4) is 5.75 Å². The second-order valence-corrected chi connectivity index (χ2v) is 6.98. The first-order chi connectivity index (χ1) is 10.8. The molecule has 0 radical (unpaired) electrons. The van der Waals surface area contributed by atoms with E-state index in [-0.39, 0.29) is 17.0 Å². The Balaban J connectivity index is 2.18. The van der Waals surface area contributed by atoms with Crippen molar-refractivity contribution in [3.63, 3.8) is 0 Å². The van der Waals surface area contributed by atoms with Gasteiger partial charge in [0.15, 0.2) is 0 Å². The SMILES string of the molecule is COc1ccc(CN(C)S(=O)(=O)c2ccc(C(=O)O)cc2)cc1. The number of methoxy groups -OCH3 is 1. The number of benzene rings is 2. The third-order valence-electron chi connectivity index (χ3n) is 3.37. The number of hydrogen-bond donors (Lipinski definition) is 1. The van der Waals surface area contributed by atoms with Gasteiger partial charge in [-0.25, -0.2) is 13.2 Å². The molecule has 0 aromatic heterocycles. The standard InChI is InChI=1S/C16H17NO5S/c1-17(11-12-3-7-14(22-2)8-4-12)23(20,21)15-9-5-13(6-10-15)16(18)19/h3-10H,11H2,1-2H3,(H,18,19). The van der Waals surface area contributed by atoms with E-state index >= 15 is 0 Å². The summed E-state index contributed by atoms with van der Waals surface area (Å²) in [5.74, 6) is -0.399. The Kier molecular flexibility index (Phi) is 5.02. The number of carboxylic acids is 1. The van der Waals surface area contributed by atoms with E-state index in [1.54, 1.807) is 31.4 Å². The second kappa shape index (κ2) is 6.80. The van der Waals surface area contributed by atoms with Crippen LogP contribution in [0.15, 0.2) is 53.4 Å². The molecule has 2 rings (SSSR count). The average molecular weight is 335 g/mol. The number of nitrogens with zero attached hydrogens (tertiary/aromatic N) is 1. The van der Waals surface area contributed by atoms with Crippen LogP contribution >= 0.6 is 0 Å².